The normalized spacial score (nSPS) is 22.2. The van der Waals surface area contributed by atoms with Crippen LogP contribution in [0.15, 0.2) is 12.1 Å². The van der Waals surface area contributed by atoms with Crippen molar-refractivity contribution in [2.24, 2.45) is 0 Å². The number of hydrogen-bond acceptors (Lipinski definition) is 4. The Morgan fingerprint density at radius 2 is 2.40 bits per heavy atom. The zero-order chi connectivity index (χ0) is 14.6. The number of nitrogens with zero attached hydrogens (tertiary/aromatic N) is 1. The van der Waals surface area contributed by atoms with E-state index in [1.807, 2.05) is 17.9 Å². The molecule has 1 aliphatic heterocycles. The van der Waals surface area contributed by atoms with Crippen LogP contribution in [-0.4, -0.2) is 48.3 Å². The summed E-state index contributed by atoms with van der Waals surface area (Å²) in [6.07, 6.45) is 1.93. The van der Waals surface area contributed by atoms with Crippen LogP contribution in [0.3, 0.4) is 0 Å². The second-order valence-electron chi connectivity index (χ2n) is 5.11. The van der Waals surface area contributed by atoms with E-state index in [1.165, 1.54) is 11.3 Å². The molecule has 1 aromatic rings. The fourth-order valence-electron chi connectivity index (χ4n) is 2.35. The summed E-state index contributed by atoms with van der Waals surface area (Å²) in [4.78, 5) is 15.8. The molecule has 0 aliphatic carbocycles. The summed E-state index contributed by atoms with van der Waals surface area (Å²) >= 11 is 1.37. The maximum Gasteiger partial charge on any atom is 0.264 e. The first-order valence-electron chi connectivity index (χ1n) is 6.62. The lowest BCUT2D eigenvalue weighted by atomic mass is 9.94. The minimum Gasteiger partial charge on any atom is -0.384 e. The lowest BCUT2D eigenvalue weighted by Crippen LogP contribution is -2.49. The number of likely N-dealkylation sites (tertiary alicyclic amines) is 1. The number of rotatable bonds is 2. The first kappa shape index (κ1) is 15.0. The first-order chi connectivity index (χ1) is 9.58. The molecule has 1 fully saturated rings. The topological polar surface area (TPSA) is 49.8 Å². The van der Waals surface area contributed by atoms with Gasteiger partial charge in [-0.1, -0.05) is 11.8 Å². The van der Waals surface area contributed by atoms with Crippen molar-refractivity contribution in [3.05, 3.63) is 21.9 Å². The summed E-state index contributed by atoms with van der Waals surface area (Å²) in [5.41, 5.74) is -0.245. The average molecular weight is 293 g/mol. The van der Waals surface area contributed by atoms with E-state index in [4.69, 9.17) is 9.84 Å². The molecule has 20 heavy (non-hydrogen) atoms. The Morgan fingerprint density at radius 3 is 3.10 bits per heavy atom. The zero-order valence-electron chi connectivity index (χ0n) is 11.8. The Morgan fingerprint density at radius 1 is 1.60 bits per heavy atom. The predicted octanol–water partition coefficient (Wildman–Crippen LogP) is 1.73. The van der Waals surface area contributed by atoms with Crippen molar-refractivity contribution in [1.82, 2.24) is 4.90 Å². The molecule has 0 bridgehead atoms. The van der Waals surface area contributed by atoms with Gasteiger partial charge in [-0.15, -0.1) is 11.3 Å². The third-order valence-electron chi connectivity index (χ3n) is 3.55. The van der Waals surface area contributed by atoms with Crippen molar-refractivity contribution in [3.8, 4) is 11.8 Å². The summed E-state index contributed by atoms with van der Waals surface area (Å²) in [7, 11) is 1.70. The molecule has 108 valence electrons. The summed E-state index contributed by atoms with van der Waals surface area (Å²) in [5.74, 6) is 5.45. The van der Waals surface area contributed by atoms with Gasteiger partial charge in [0.15, 0.2) is 0 Å². The number of amides is 1. The fraction of sp³-hybridized carbons (Fsp3) is 0.533. The Bertz CT molecular complexity index is 543. The summed E-state index contributed by atoms with van der Waals surface area (Å²) in [6, 6.07) is 3.62. The second-order valence-corrected chi connectivity index (χ2v) is 6.19. The van der Waals surface area contributed by atoms with E-state index in [0.29, 0.717) is 11.4 Å². The van der Waals surface area contributed by atoms with Gasteiger partial charge in [0, 0.05) is 20.2 Å². The van der Waals surface area contributed by atoms with E-state index in [0.717, 1.165) is 24.3 Å². The minimum atomic E-state index is -0.245. The highest BCUT2D eigenvalue weighted by Crippen LogP contribution is 2.26. The summed E-state index contributed by atoms with van der Waals surface area (Å²) in [5, 5.41) is 8.67. The quantitative estimate of drug-likeness (QED) is 0.845. The molecule has 1 amide bonds. The van der Waals surface area contributed by atoms with Crippen LogP contribution < -0.4 is 0 Å². The van der Waals surface area contributed by atoms with Gasteiger partial charge in [-0.2, -0.15) is 0 Å². The van der Waals surface area contributed by atoms with Crippen LogP contribution in [0.5, 0.6) is 0 Å². The van der Waals surface area contributed by atoms with Crippen molar-refractivity contribution >= 4 is 17.2 Å². The molecule has 1 saturated heterocycles. The standard InChI is InChI=1S/C15H19NO3S/c1-15(19-2)8-4-9-16(11-15)14(18)13-7-6-12(20-13)5-3-10-17/h6-7,17H,4,8-11H2,1-2H3. The van der Waals surface area contributed by atoms with Gasteiger partial charge in [0.05, 0.1) is 15.4 Å². The van der Waals surface area contributed by atoms with Crippen molar-refractivity contribution < 1.29 is 14.6 Å². The number of thiophene rings is 1. The number of carbonyl (C=O) groups excluding carboxylic acids is 1. The molecule has 5 heteroatoms. The number of methoxy groups -OCH3 is 1. The monoisotopic (exact) mass is 293 g/mol. The van der Waals surface area contributed by atoms with E-state index in [1.54, 1.807) is 13.2 Å². The molecule has 2 heterocycles. The van der Waals surface area contributed by atoms with Gasteiger partial charge in [-0.25, -0.2) is 0 Å². The van der Waals surface area contributed by atoms with Crippen LogP contribution >= 0.6 is 11.3 Å². The molecular weight excluding hydrogens is 274 g/mol. The maximum atomic E-state index is 12.5. The number of aliphatic hydroxyl groups excluding tert-OH is 1. The third-order valence-corrected chi connectivity index (χ3v) is 4.54. The van der Waals surface area contributed by atoms with Crippen LogP contribution in [0.4, 0.5) is 0 Å². The van der Waals surface area contributed by atoms with Crippen molar-refractivity contribution in [1.29, 1.82) is 0 Å². The van der Waals surface area contributed by atoms with E-state index in [9.17, 15) is 4.79 Å². The Kier molecular flexibility index (Phi) is 4.81. The maximum absolute atomic E-state index is 12.5. The smallest absolute Gasteiger partial charge is 0.264 e. The average Bonchev–Trinajstić information content (AvgIpc) is 2.93. The predicted molar refractivity (Wildman–Crippen MR) is 78.8 cm³/mol. The molecule has 1 N–H and O–H groups in total. The number of carbonyl (C=O) groups is 1. The Labute approximate surface area is 123 Å². The second kappa shape index (κ2) is 6.40. The van der Waals surface area contributed by atoms with Crippen molar-refractivity contribution in [2.75, 3.05) is 26.8 Å². The molecule has 0 aromatic carbocycles. The molecule has 1 aromatic heterocycles. The number of aliphatic hydroxyl groups is 1. The summed E-state index contributed by atoms with van der Waals surface area (Å²) in [6.45, 7) is 3.27. The highest BCUT2D eigenvalue weighted by Gasteiger charge is 2.33. The Balaban J connectivity index is 2.09. The zero-order valence-corrected chi connectivity index (χ0v) is 12.6. The van der Waals surface area contributed by atoms with Gasteiger partial charge in [0.25, 0.3) is 5.91 Å². The van der Waals surface area contributed by atoms with E-state index < -0.39 is 0 Å². The van der Waals surface area contributed by atoms with Crippen LogP contribution in [0.2, 0.25) is 0 Å². The van der Waals surface area contributed by atoms with E-state index >= 15 is 0 Å². The van der Waals surface area contributed by atoms with Crippen molar-refractivity contribution in [3.63, 3.8) is 0 Å². The molecule has 1 aliphatic rings. The van der Waals surface area contributed by atoms with Crippen LogP contribution in [-0.2, 0) is 4.74 Å². The molecular formula is C15H19NO3S. The van der Waals surface area contributed by atoms with Crippen LogP contribution in [0.25, 0.3) is 0 Å². The SMILES string of the molecule is COC1(C)CCCN(C(=O)c2ccc(C#CCO)s2)C1. The molecule has 2 rings (SSSR count). The highest BCUT2D eigenvalue weighted by atomic mass is 32.1. The van der Waals surface area contributed by atoms with Gasteiger partial charge >= 0.3 is 0 Å². The van der Waals surface area contributed by atoms with Gasteiger partial charge in [-0.3, -0.25) is 4.79 Å². The Hall–Kier alpha value is -1.35. The highest BCUT2D eigenvalue weighted by molar-refractivity contribution is 7.14. The van der Waals surface area contributed by atoms with Crippen molar-refractivity contribution in [2.45, 2.75) is 25.4 Å². The van der Waals surface area contributed by atoms with Crippen LogP contribution in [0.1, 0.15) is 34.3 Å². The number of piperidine rings is 1. The van der Waals surface area contributed by atoms with E-state index in [2.05, 4.69) is 11.8 Å². The van der Waals surface area contributed by atoms with Crippen LogP contribution in [0, 0.1) is 11.8 Å². The molecule has 1 unspecified atom stereocenters. The fourth-order valence-corrected chi connectivity index (χ4v) is 3.20. The van der Waals surface area contributed by atoms with Gasteiger partial charge in [0.2, 0.25) is 0 Å². The van der Waals surface area contributed by atoms with Gasteiger partial charge in [0.1, 0.15) is 6.61 Å². The van der Waals surface area contributed by atoms with Gasteiger partial charge < -0.3 is 14.7 Å². The van der Waals surface area contributed by atoms with Gasteiger partial charge in [-0.05, 0) is 31.9 Å². The lowest BCUT2D eigenvalue weighted by molar-refractivity contribution is -0.0439. The number of hydrogen-bond donors (Lipinski definition) is 1. The largest absolute Gasteiger partial charge is 0.384 e. The first-order valence-corrected chi connectivity index (χ1v) is 7.43. The third kappa shape index (κ3) is 3.40. The molecule has 1 atom stereocenters. The molecule has 0 radical (unpaired) electrons. The lowest BCUT2D eigenvalue weighted by Gasteiger charge is -2.39. The molecule has 0 spiro atoms. The van der Waals surface area contributed by atoms with E-state index in [-0.39, 0.29) is 18.1 Å². The number of ether oxygens (including phenoxy) is 1. The molecule has 0 saturated carbocycles. The minimum absolute atomic E-state index is 0.0371. The molecule has 4 nitrogen and oxygen atoms in total. The summed E-state index contributed by atoms with van der Waals surface area (Å²) < 4.78 is 5.51.